The highest BCUT2D eigenvalue weighted by Crippen LogP contribution is 2.41. The summed E-state index contributed by atoms with van der Waals surface area (Å²) in [6.45, 7) is 0. The van der Waals surface area contributed by atoms with Crippen molar-refractivity contribution >= 4 is 47.0 Å². The Kier molecular flexibility index (Phi) is 10.2. The fourth-order valence-electron chi connectivity index (χ4n) is 3.34. The van der Waals surface area contributed by atoms with Crippen molar-refractivity contribution in [3.05, 3.63) is 121 Å². The summed E-state index contributed by atoms with van der Waals surface area (Å²) in [5.41, 5.74) is 0. The maximum Gasteiger partial charge on any atom is 0.0596 e. The summed E-state index contributed by atoms with van der Waals surface area (Å²) in [4.78, 5) is 5.39. The van der Waals surface area contributed by atoms with Gasteiger partial charge in [0.05, 0.1) is 9.16 Å². The van der Waals surface area contributed by atoms with Gasteiger partial charge in [0.25, 0.3) is 0 Å². The summed E-state index contributed by atoms with van der Waals surface area (Å²) in [6.07, 6.45) is 3.56. The molecular formula is C29H28S4. The molecule has 4 aromatic carbocycles. The van der Waals surface area contributed by atoms with Crippen LogP contribution >= 0.6 is 47.0 Å². The van der Waals surface area contributed by atoms with Gasteiger partial charge >= 0.3 is 0 Å². The van der Waals surface area contributed by atoms with Gasteiger partial charge in [0.2, 0.25) is 0 Å². The quantitative estimate of drug-likeness (QED) is 0.139. The highest BCUT2D eigenvalue weighted by Gasteiger charge is 2.16. The van der Waals surface area contributed by atoms with Crippen molar-refractivity contribution in [3.8, 4) is 0 Å². The van der Waals surface area contributed by atoms with Gasteiger partial charge in [-0.2, -0.15) is 0 Å². The first-order chi connectivity index (χ1) is 16.3. The number of benzene rings is 4. The molecule has 33 heavy (non-hydrogen) atoms. The number of hydrogen-bond donors (Lipinski definition) is 0. The predicted molar refractivity (Wildman–Crippen MR) is 151 cm³/mol. The smallest absolute Gasteiger partial charge is 0.0596 e. The molecule has 0 aliphatic rings. The molecule has 0 amide bonds. The van der Waals surface area contributed by atoms with Crippen molar-refractivity contribution < 1.29 is 0 Å². The van der Waals surface area contributed by atoms with Gasteiger partial charge in [-0.25, -0.2) is 0 Å². The van der Waals surface area contributed by atoms with Gasteiger partial charge in [0.1, 0.15) is 0 Å². The minimum atomic E-state index is 0.499. The molecule has 0 nitrogen and oxygen atoms in total. The van der Waals surface area contributed by atoms with Crippen LogP contribution in [-0.2, 0) is 0 Å². The maximum atomic E-state index is 2.22. The average molecular weight is 505 g/mol. The summed E-state index contributed by atoms with van der Waals surface area (Å²) in [6, 6.07) is 43.2. The summed E-state index contributed by atoms with van der Waals surface area (Å²) in [7, 11) is 0. The van der Waals surface area contributed by atoms with Crippen molar-refractivity contribution in [1.29, 1.82) is 0 Å². The molecule has 0 fully saturated rings. The van der Waals surface area contributed by atoms with Crippen LogP contribution in [0.5, 0.6) is 0 Å². The van der Waals surface area contributed by atoms with Gasteiger partial charge in [-0.05, 0) is 67.8 Å². The van der Waals surface area contributed by atoms with Gasteiger partial charge in [-0.15, -0.1) is 47.0 Å². The molecule has 0 radical (unpaired) electrons. The zero-order valence-electron chi connectivity index (χ0n) is 18.5. The molecular weight excluding hydrogens is 477 g/mol. The Morgan fingerprint density at radius 2 is 0.606 bits per heavy atom. The normalized spacial score (nSPS) is 11.2. The first kappa shape index (κ1) is 24.4. The van der Waals surface area contributed by atoms with Gasteiger partial charge in [0.15, 0.2) is 0 Å². The maximum absolute atomic E-state index is 2.22. The van der Waals surface area contributed by atoms with E-state index in [0.29, 0.717) is 9.16 Å². The lowest BCUT2D eigenvalue weighted by Gasteiger charge is -2.20. The molecule has 0 aliphatic carbocycles. The highest BCUT2D eigenvalue weighted by molar-refractivity contribution is 8.17. The van der Waals surface area contributed by atoms with E-state index in [1.165, 1.54) is 38.8 Å². The molecule has 0 saturated heterocycles. The second-order valence-electron chi connectivity index (χ2n) is 7.51. The van der Waals surface area contributed by atoms with Crippen LogP contribution < -0.4 is 0 Å². The summed E-state index contributed by atoms with van der Waals surface area (Å²) in [5.74, 6) is 0. The summed E-state index contributed by atoms with van der Waals surface area (Å²) >= 11 is 7.97. The van der Waals surface area contributed by atoms with E-state index in [1.807, 2.05) is 47.0 Å². The van der Waals surface area contributed by atoms with E-state index in [1.54, 1.807) is 0 Å². The topological polar surface area (TPSA) is 0 Å². The van der Waals surface area contributed by atoms with Crippen LogP contribution in [-0.4, -0.2) is 9.16 Å². The molecule has 168 valence electrons. The zero-order valence-corrected chi connectivity index (χ0v) is 21.7. The molecule has 4 aromatic rings. The highest BCUT2D eigenvalue weighted by atomic mass is 32.2. The van der Waals surface area contributed by atoms with Crippen LogP contribution in [0.15, 0.2) is 141 Å². The zero-order chi connectivity index (χ0) is 22.6. The third kappa shape index (κ3) is 8.86. The standard InChI is InChI=1S/C29H28S4/c1-5-14-24(15-6-1)30-28(31-25-16-7-2-8-17-25)22-13-23-29(32-26-18-9-3-10-19-26)33-27-20-11-4-12-21-27/h1-12,14-21,28-29H,13,22-23H2. The Hall–Kier alpha value is -1.72. The molecule has 4 heteroatoms. The van der Waals surface area contributed by atoms with Gasteiger partial charge < -0.3 is 0 Å². The van der Waals surface area contributed by atoms with Crippen LogP contribution in [0.2, 0.25) is 0 Å². The van der Waals surface area contributed by atoms with Gasteiger partial charge in [0, 0.05) is 19.6 Å². The van der Waals surface area contributed by atoms with Crippen molar-refractivity contribution in [2.75, 3.05) is 0 Å². The van der Waals surface area contributed by atoms with Gasteiger partial charge in [-0.3, -0.25) is 0 Å². The Labute approximate surface area is 215 Å². The van der Waals surface area contributed by atoms with E-state index in [-0.39, 0.29) is 0 Å². The molecule has 0 heterocycles. The first-order valence-electron chi connectivity index (χ1n) is 11.2. The molecule has 0 aliphatic heterocycles. The Morgan fingerprint density at radius 1 is 0.364 bits per heavy atom. The molecule has 0 bridgehead atoms. The molecule has 0 N–H and O–H groups in total. The Morgan fingerprint density at radius 3 is 0.848 bits per heavy atom. The number of hydrogen-bond acceptors (Lipinski definition) is 4. The van der Waals surface area contributed by atoms with Gasteiger partial charge in [-0.1, -0.05) is 72.8 Å². The van der Waals surface area contributed by atoms with Crippen LogP contribution in [0.1, 0.15) is 19.3 Å². The molecule has 0 aromatic heterocycles. The van der Waals surface area contributed by atoms with E-state index in [2.05, 4.69) is 121 Å². The Balaban J connectivity index is 1.40. The monoisotopic (exact) mass is 504 g/mol. The lowest BCUT2D eigenvalue weighted by molar-refractivity contribution is 0.754. The van der Waals surface area contributed by atoms with Crippen LogP contribution in [0.4, 0.5) is 0 Å². The van der Waals surface area contributed by atoms with E-state index in [4.69, 9.17) is 0 Å². The van der Waals surface area contributed by atoms with Crippen LogP contribution in [0.25, 0.3) is 0 Å². The summed E-state index contributed by atoms with van der Waals surface area (Å²) < 4.78 is 0.998. The SMILES string of the molecule is c1ccc(SC(CCCC(Sc2ccccc2)Sc2ccccc2)Sc2ccccc2)cc1. The lowest BCUT2D eigenvalue weighted by atomic mass is 10.3. The lowest BCUT2D eigenvalue weighted by Crippen LogP contribution is -2.02. The largest absolute Gasteiger partial charge is 0.111 e. The van der Waals surface area contributed by atoms with Crippen molar-refractivity contribution in [3.63, 3.8) is 0 Å². The van der Waals surface area contributed by atoms with E-state index in [0.717, 1.165) is 0 Å². The third-order valence-electron chi connectivity index (χ3n) is 4.92. The average Bonchev–Trinajstić information content (AvgIpc) is 2.86. The third-order valence-corrected chi connectivity index (χ3v) is 10.2. The van der Waals surface area contributed by atoms with Crippen molar-refractivity contribution in [1.82, 2.24) is 0 Å². The second-order valence-corrected chi connectivity index (χ2v) is 13.2. The van der Waals surface area contributed by atoms with Crippen LogP contribution in [0, 0.1) is 0 Å². The fourth-order valence-corrected chi connectivity index (χ4v) is 8.67. The fraction of sp³-hybridized carbons (Fsp3) is 0.172. The predicted octanol–water partition coefficient (Wildman–Crippen LogP) is 9.98. The molecule has 0 atom stereocenters. The van der Waals surface area contributed by atoms with Crippen molar-refractivity contribution in [2.24, 2.45) is 0 Å². The first-order valence-corrected chi connectivity index (χ1v) is 14.7. The minimum Gasteiger partial charge on any atom is -0.111 e. The second kappa shape index (κ2) is 13.9. The molecule has 0 unspecified atom stereocenters. The minimum absolute atomic E-state index is 0.499. The van der Waals surface area contributed by atoms with Crippen molar-refractivity contribution in [2.45, 2.75) is 48.0 Å². The summed E-state index contributed by atoms with van der Waals surface area (Å²) in [5, 5.41) is 0. The number of rotatable bonds is 12. The van der Waals surface area contributed by atoms with E-state index in [9.17, 15) is 0 Å². The molecule has 4 rings (SSSR count). The molecule has 0 spiro atoms. The van der Waals surface area contributed by atoms with E-state index >= 15 is 0 Å². The number of thioether (sulfide) groups is 4. The van der Waals surface area contributed by atoms with Crippen LogP contribution in [0.3, 0.4) is 0 Å². The molecule has 0 saturated carbocycles. The van der Waals surface area contributed by atoms with E-state index < -0.39 is 0 Å². The Bertz CT molecular complexity index is 870.